The third-order valence-electron chi connectivity index (χ3n) is 1.66. The Morgan fingerprint density at radius 3 is 2.65 bits per heavy atom. The van der Waals surface area contributed by atoms with Crippen LogP contribution in [0.25, 0.3) is 0 Å². The minimum absolute atomic E-state index is 0.133. The molecule has 0 saturated carbocycles. The molecule has 3 N–H and O–H groups in total. The molecule has 0 aliphatic carbocycles. The van der Waals surface area contributed by atoms with E-state index in [1.807, 2.05) is 0 Å². The van der Waals surface area contributed by atoms with Gasteiger partial charge in [0.1, 0.15) is 0 Å². The average molecular weight is 313 g/mol. The van der Waals surface area contributed by atoms with Gasteiger partial charge in [0.05, 0.1) is 0 Å². The van der Waals surface area contributed by atoms with Gasteiger partial charge < -0.3 is 5.73 Å². The topological polar surface area (TPSA) is 64.4 Å². The van der Waals surface area contributed by atoms with Crippen molar-refractivity contribution < 1.29 is 22.8 Å². The van der Waals surface area contributed by atoms with Crippen LogP contribution >= 0.6 is 15.9 Å². The standard InChI is InChI=1S/C9H8BrF3N2O2/c10-6-3-5(1-2-7(6)14)8(16)15-17-4-9(11,12)13/h1-3H,4,14H2,(H,15,16). The zero-order valence-electron chi connectivity index (χ0n) is 8.34. The van der Waals surface area contributed by atoms with Crippen molar-refractivity contribution in [1.82, 2.24) is 5.48 Å². The van der Waals surface area contributed by atoms with E-state index in [0.29, 0.717) is 10.2 Å². The number of nitrogen functional groups attached to an aromatic ring is 1. The lowest BCUT2D eigenvalue weighted by Gasteiger charge is -2.08. The van der Waals surface area contributed by atoms with Crippen LogP contribution in [0.15, 0.2) is 22.7 Å². The highest BCUT2D eigenvalue weighted by molar-refractivity contribution is 9.10. The molecule has 0 fully saturated rings. The molecule has 0 bridgehead atoms. The molecule has 17 heavy (non-hydrogen) atoms. The number of carbonyl (C=O) groups excluding carboxylic acids is 1. The number of halogens is 4. The van der Waals surface area contributed by atoms with Crippen molar-refractivity contribution in [2.75, 3.05) is 12.3 Å². The molecule has 4 nitrogen and oxygen atoms in total. The van der Waals surface area contributed by atoms with Crippen LogP contribution < -0.4 is 11.2 Å². The van der Waals surface area contributed by atoms with E-state index in [-0.39, 0.29) is 5.56 Å². The van der Waals surface area contributed by atoms with E-state index in [2.05, 4.69) is 20.8 Å². The van der Waals surface area contributed by atoms with E-state index in [0.717, 1.165) is 0 Å². The average Bonchev–Trinajstić information content (AvgIpc) is 2.20. The molecular weight excluding hydrogens is 305 g/mol. The second kappa shape index (κ2) is 5.37. The second-order valence-corrected chi connectivity index (χ2v) is 3.93. The van der Waals surface area contributed by atoms with E-state index >= 15 is 0 Å². The predicted molar refractivity (Wildman–Crippen MR) is 58.0 cm³/mol. The van der Waals surface area contributed by atoms with E-state index in [1.165, 1.54) is 18.2 Å². The highest BCUT2D eigenvalue weighted by Gasteiger charge is 2.28. The molecule has 0 radical (unpaired) electrons. The summed E-state index contributed by atoms with van der Waals surface area (Å²) in [5.41, 5.74) is 7.72. The highest BCUT2D eigenvalue weighted by atomic mass is 79.9. The number of nitrogens with two attached hydrogens (primary N) is 1. The van der Waals surface area contributed by atoms with Crippen LogP contribution in [0.3, 0.4) is 0 Å². The fraction of sp³-hybridized carbons (Fsp3) is 0.222. The second-order valence-electron chi connectivity index (χ2n) is 3.07. The van der Waals surface area contributed by atoms with Gasteiger partial charge in [-0.25, -0.2) is 5.48 Å². The van der Waals surface area contributed by atoms with Crippen LogP contribution in [0.4, 0.5) is 18.9 Å². The summed E-state index contributed by atoms with van der Waals surface area (Å²) in [7, 11) is 0. The third-order valence-corrected chi connectivity index (χ3v) is 2.35. The minimum atomic E-state index is -4.49. The number of hydroxylamine groups is 1. The first-order valence-electron chi connectivity index (χ1n) is 4.33. The molecule has 0 atom stereocenters. The Morgan fingerprint density at radius 1 is 1.47 bits per heavy atom. The fourth-order valence-electron chi connectivity index (χ4n) is 0.911. The van der Waals surface area contributed by atoms with Gasteiger partial charge in [0.15, 0.2) is 6.61 Å². The maximum Gasteiger partial charge on any atom is 0.414 e. The summed E-state index contributed by atoms with van der Waals surface area (Å²) in [6.45, 7) is -1.55. The maximum absolute atomic E-state index is 11.7. The summed E-state index contributed by atoms with van der Waals surface area (Å²) in [6.07, 6.45) is -4.49. The Kier molecular flexibility index (Phi) is 4.35. The van der Waals surface area contributed by atoms with Gasteiger partial charge in [0.2, 0.25) is 0 Å². The smallest absolute Gasteiger partial charge is 0.398 e. The minimum Gasteiger partial charge on any atom is -0.398 e. The number of carbonyl (C=O) groups is 1. The summed E-state index contributed by atoms with van der Waals surface area (Å²) in [5, 5.41) is 0. The highest BCUT2D eigenvalue weighted by Crippen LogP contribution is 2.20. The molecule has 1 aromatic carbocycles. The number of alkyl halides is 3. The Balaban J connectivity index is 2.56. The molecule has 1 rings (SSSR count). The number of nitrogens with one attached hydrogen (secondary N) is 1. The molecule has 1 amide bonds. The van der Waals surface area contributed by atoms with E-state index < -0.39 is 18.7 Å². The van der Waals surface area contributed by atoms with Crippen LogP contribution in [0, 0.1) is 0 Å². The molecule has 94 valence electrons. The molecule has 0 spiro atoms. The first-order valence-corrected chi connectivity index (χ1v) is 5.13. The summed E-state index contributed by atoms with van der Waals surface area (Å²) in [4.78, 5) is 15.3. The fourth-order valence-corrected chi connectivity index (χ4v) is 1.29. The molecule has 0 saturated heterocycles. The van der Waals surface area contributed by atoms with E-state index in [4.69, 9.17) is 5.73 Å². The van der Waals surface area contributed by atoms with Crippen LogP contribution in [0.1, 0.15) is 10.4 Å². The van der Waals surface area contributed by atoms with Crippen molar-refractivity contribution in [3.05, 3.63) is 28.2 Å². The largest absolute Gasteiger partial charge is 0.414 e. The lowest BCUT2D eigenvalue weighted by atomic mass is 10.2. The molecule has 0 unspecified atom stereocenters. The SMILES string of the molecule is Nc1ccc(C(=O)NOCC(F)(F)F)cc1Br. The first kappa shape index (κ1) is 13.8. The molecule has 1 aromatic rings. The molecule has 8 heteroatoms. The Hall–Kier alpha value is -1.28. The summed E-state index contributed by atoms with van der Waals surface area (Å²) in [6, 6.07) is 4.19. The first-order chi connectivity index (χ1) is 7.79. The number of amides is 1. The monoisotopic (exact) mass is 312 g/mol. The summed E-state index contributed by atoms with van der Waals surface area (Å²) < 4.78 is 35.6. The lowest BCUT2D eigenvalue weighted by molar-refractivity contribution is -0.184. The van der Waals surface area contributed by atoms with Gasteiger partial charge in [0, 0.05) is 15.7 Å². The normalized spacial score (nSPS) is 11.3. The summed E-state index contributed by atoms with van der Waals surface area (Å²) in [5.74, 6) is -0.782. The van der Waals surface area contributed by atoms with Crippen molar-refractivity contribution >= 4 is 27.5 Å². The van der Waals surface area contributed by atoms with Crippen LogP contribution in [0.5, 0.6) is 0 Å². The van der Waals surface area contributed by atoms with Gasteiger partial charge >= 0.3 is 6.18 Å². The van der Waals surface area contributed by atoms with Crippen molar-refractivity contribution in [3.8, 4) is 0 Å². The third kappa shape index (κ3) is 4.61. The van der Waals surface area contributed by atoms with Crippen LogP contribution in [0.2, 0.25) is 0 Å². The van der Waals surface area contributed by atoms with Gasteiger partial charge in [-0.2, -0.15) is 13.2 Å². The van der Waals surface area contributed by atoms with Crippen molar-refractivity contribution in [2.24, 2.45) is 0 Å². The maximum atomic E-state index is 11.7. The number of anilines is 1. The number of hydrogen-bond acceptors (Lipinski definition) is 3. The molecular formula is C9H8BrF3N2O2. The van der Waals surface area contributed by atoms with Crippen molar-refractivity contribution in [1.29, 1.82) is 0 Å². The van der Waals surface area contributed by atoms with E-state index in [9.17, 15) is 18.0 Å². The summed E-state index contributed by atoms with van der Waals surface area (Å²) >= 11 is 3.09. The Labute approximate surface area is 103 Å². The number of rotatable bonds is 3. The van der Waals surface area contributed by atoms with Crippen LogP contribution in [-0.4, -0.2) is 18.7 Å². The Bertz CT molecular complexity index is 423. The number of benzene rings is 1. The van der Waals surface area contributed by atoms with Gasteiger partial charge in [-0.3, -0.25) is 9.63 Å². The molecule has 0 aliphatic heterocycles. The quantitative estimate of drug-likeness (QED) is 0.664. The van der Waals surface area contributed by atoms with Gasteiger partial charge in [-0.05, 0) is 34.1 Å². The van der Waals surface area contributed by atoms with Crippen LogP contribution in [-0.2, 0) is 4.84 Å². The number of hydrogen-bond donors (Lipinski definition) is 2. The van der Waals surface area contributed by atoms with E-state index in [1.54, 1.807) is 5.48 Å². The molecule has 0 aliphatic rings. The van der Waals surface area contributed by atoms with Crippen molar-refractivity contribution in [3.63, 3.8) is 0 Å². The zero-order chi connectivity index (χ0) is 13.1. The predicted octanol–water partition coefficient (Wildman–Crippen LogP) is 2.26. The van der Waals surface area contributed by atoms with Gasteiger partial charge in [0.25, 0.3) is 5.91 Å². The van der Waals surface area contributed by atoms with Gasteiger partial charge in [-0.1, -0.05) is 0 Å². The van der Waals surface area contributed by atoms with Crippen molar-refractivity contribution in [2.45, 2.75) is 6.18 Å². The zero-order valence-corrected chi connectivity index (χ0v) is 9.93. The molecule has 0 heterocycles. The lowest BCUT2D eigenvalue weighted by Crippen LogP contribution is -2.29. The van der Waals surface area contributed by atoms with Gasteiger partial charge in [-0.15, -0.1) is 0 Å². The Morgan fingerprint density at radius 2 is 2.12 bits per heavy atom. The molecule has 0 aromatic heterocycles.